The number of para-hydroxylation sites is 1. The number of H-pyrrole nitrogens is 1. The zero-order chi connectivity index (χ0) is 16.5. The number of hydrogen-bond acceptors (Lipinski definition) is 2. The van der Waals surface area contributed by atoms with Crippen molar-refractivity contribution >= 4 is 32.7 Å². The molecular formula is C19H18BrN3O. The van der Waals surface area contributed by atoms with E-state index in [0.29, 0.717) is 19.0 Å². The minimum atomic E-state index is 0.159. The fourth-order valence-electron chi connectivity index (χ4n) is 3.04. The first-order valence-electron chi connectivity index (χ1n) is 8.16. The van der Waals surface area contributed by atoms with Crippen LogP contribution in [0.4, 0.5) is 0 Å². The molecule has 2 aromatic carbocycles. The number of carbonyl (C=O) groups is 1. The molecule has 0 atom stereocenters. The SMILES string of the molecule is O=C(Cc1[nH]nc2ccccc12)N(Cc1cccc(Br)c1)C1CC1. The van der Waals surface area contributed by atoms with Crippen molar-refractivity contribution in [2.24, 2.45) is 0 Å². The van der Waals surface area contributed by atoms with Crippen molar-refractivity contribution in [3.8, 4) is 0 Å². The van der Waals surface area contributed by atoms with Gasteiger partial charge in [0.1, 0.15) is 0 Å². The molecule has 0 bridgehead atoms. The van der Waals surface area contributed by atoms with E-state index in [9.17, 15) is 4.79 Å². The van der Waals surface area contributed by atoms with E-state index in [1.165, 1.54) is 0 Å². The summed E-state index contributed by atoms with van der Waals surface area (Å²) < 4.78 is 1.04. The maximum atomic E-state index is 12.9. The van der Waals surface area contributed by atoms with Crippen LogP contribution in [0.3, 0.4) is 0 Å². The minimum Gasteiger partial charge on any atom is -0.335 e. The van der Waals surface area contributed by atoms with Crippen LogP contribution >= 0.6 is 15.9 Å². The molecular weight excluding hydrogens is 366 g/mol. The van der Waals surface area contributed by atoms with Crippen molar-refractivity contribution in [3.05, 3.63) is 64.3 Å². The van der Waals surface area contributed by atoms with Gasteiger partial charge in [0.25, 0.3) is 0 Å². The average Bonchev–Trinajstić information content (AvgIpc) is 3.35. The van der Waals surface area contributed by atoms with E-state index in [2.05, 4.69) is 38.3 Å². The standard InChI is InChI=1S/C19H18BrN3O/c20-14-5-3-4-13(10-14)12-23(15-8-9-15)19(24)11-18-16-6-1-2-7-17(16)21-22-18/h1-7,10,15H,8-9,11-12H2,(H,21,22). The lowest BCUT2D eigenvalue weighted by atomic mass is 10.1. The molecule has 4 rings (SSSR count). The van der Waals surface area contributed by atoms with Crippen LogP contribution in [-0.2, 0) is 17.8 Å². The zero-order valence-electron chi connectivity index (χ0n) is 13.2. The third kappa shape index (κ3) is 3.22. The van der Waals surface area contributed by atoms with Gasteiger partial charge in [0.05, 0.1) is 17.6 Å². The molecule has 0 spiro atoms. The summed E-state index contributed by atoms with van der Waals surface area (Å²) in [5.74, 6) is 0.159. The Hall–Kier alpha value is -2.14. The molecule has 122 valence electrons. The Bertz CT molecular complexity index is 885. The van der Waals surface area contributed by atoms with Crippen molar-refractivity contribution in [1.82, 2.24) is 15.1 Å². The molecule has 0 unspecified atom stereocenters. The number of nitrogens with one attached hydrogen (secondary N) is 1. The van der Waals surface area contributed by atoms with Gasteiger partial charge in [0.15, 0.2) is 0 Å². The van der Waals surface area contributed by atoms with Gasteiger partial charge in [-0.25, -0.2) is 0 Å². The lowest BCUT2D eigenvalue weighted by Crippen LogP contribution is -2.33. The Morgan fingerprint density at radius 3 is 2.83 bits per heavy atom. The van der Waals surface area contributed by atoms with Gasteiger partial charge in [0.2, 0.25) is 5.91 Å². The molecule has 3 aromatic rings. The second-order valence-corrected chi connectivity index (χ2v) is 7.19. The van der Waals surface area contributed by atoms with E-state index < -0.39 is 0 Å². The topological polar surface area (TPSA) is 49.0 Å². The van der Waals surface area contributed by atoms with E-state index in [4.69, 9.17) is 0 Å². The van der Waals surface area contributed by atoms with Gasteiger partial charge in [-0.05, 0) is 36.6 Å². The normalized spacial score (nSPS) is 14.0. The summed E-state index contributed by atoms with van der Waals surface area (Å²) in [5, 5.41) is 8.34. The van der Waals surface area contributed by atoms with Crippen LogP contribution < -0.4 is 0 Å². The number of amides is 1. The van der Waals surface area contributed by atoms with Gasteiger partial charge in [0, 0.05) is 22.4 Å². The van der Waals surface area contributed by atoms with E-state index in [1.54, 1.807) is 0 Å². The quantitative estimate of drug-likeness (QED) is 0.721. The number of fused-ring (bicyclic) bond motifs is 1. The zero-order valence-corrected chi connectivity index (χ0v) is 14.8. The fraction of sp³-hybridized carbons (Fsp3) is 0.263. The average molecular weight is 384 g/mol. The number of carbonyl (C=O) groups excluding carboxylic acids is 1. The van der Waals surface area contributed by atoms with Crippen molar-refractivity contribution in [3.63, 3.8) is 0 Å². The molecule has 0 saturated heterocycles. The Morgan fingerprint density at radius 2 is 2.04 bits per heavy atom. The van der Waals surface area contributed by atoms with Crippen LogP contribution in [0.5, 0.6) is 0 Å². The van der Waals surface area contributed by atoms with Crippen molar-refractivity contribution < 1.29 is 4.79 Å². The van der Waals surface area contributed by atoms with Gasteiger partial charge in [-0.15, -0.1) is 0 Å². The molecule has 0 aliphatic heterocycles. The van der Waals surface area contributed by atoms with Gasteiger partial charge < -0.3 is 4.90 Å². The minimum absolute atomic E-state index is 0.159. The summed E-state index contributed by atoms with van der Waals surface area (Å²) >= 11 is 3.50. The molecule has 1 saturated carbocycles. The molecule has 1 fully saturated rings. The van der Waals surface area contributed by atoms with Crippen LogP contribution in [0.25, 0.3) is 10.9 Å². The van der Waals surface area contributed by atoms with Gasteiger partial charge in [-0.3, -0.25) is 9.89 Å². The van der Waals surface area contributed by atoms with Crippen LogP contribution in [0, 0.1) is 0 Å². The molecule has 1 N–H and O–H groups in total. The van der Waals surface area contributed by atoms with E-state index in [-0.39, 0.29) is 5.91 Å². The summed E-state index contributed by atoms with van der Waals surface area (Å²) in [6.45, 7) is 0.662. The molecule has 1 amide bonds. The molecule has 0 radical (unpaired) electrons. The molecule has 5 heteroatoms. The number of aromatic nitrogens is 2. The maximum absolute atomic E-state index is 12.9. The molecule has 1 heterocycles. The Labute approximate surface area is 149 Å². The number of benzene rings is 2. The monoisotopic (exact) mass is 383 g/mol. The second-order valence-electron chi connectivity index (χ2n) is 6.28. The number of aromatic amines is 1. The lowest BCUT2D eigenvalue weighted by molar-refractivity contribution is -0.131. The first-order valence-corrected chi connectivity index (χ1v) is 8.96. The van der Waals surface area contributed by atoms with E-state index in [0.717, 1.165) is 39.5 Å². The summed E-state index contributed by atoms with van der Waals surface area (Å²) in [5.41, 5.74) is 2.96. The van der Waals surface area contributed by atoms with Crippen LogP contribution in [0.1, 0.15) is 24.1 Å². The number of halogens is 1. The lowest BCUT2D eigenvalue weighted by Gasteiger charge is -2.22. The number of hydrogen-bond donors (Lipinski definition) is 1. The highest BCUT2D eigenvalue weighted by Crippen LogP contribution is 2.30. The third-order valence-electron chi connectivity index (χ3n) is 4.42. The highest BCUT2D eigenvalue weighted by atomic mass is 79.9. The van der Waals surface area contributed by atoms with Gasteiger partial charge in [-0.1, -0.05) is 46.3 Å². The Kier molecular flexibility index (Phi) is 4.10. The first-order chi connectivity index (χ1) is 11.7. The van der Waals surface area contributed by atoms with E-state index in [1.807, 2.05) is 41.3 Å². The van der Waals surface area contributed by atoms with E-state index >= 15 is 0 Å². The number of nitrogens with zero attached hydrogens (tertiary/aromatic N) is 2. The third-order valence-corrected chi connectivity index (χ3v) is 4.91. The Morgan fingerprint density at radius 1 is 1.21 bits per heavy atom. The predicted octanol–water partition coefficient (Wildman–Crippen LogP) is 4.06. The van der Waals surface area contributed by atoms with Crippen molar-refractivity contribution in [2.45, 2.75) is 31.8 Å². The highest BCUT2D eigenvalue weighted by Gasteiger charge is 2.32. The summed E-state index contributed by atoms with van der Waals surface area (Å²) in [7, 11) is 0. The highest BCUT2D eigenvalue weighted by molar-refractivity contribution is 9.10. The van der Waals surface area contributed by atoms with Crippen LogP contribution in [0.2, 0.25) is 0 Å². The Balaban J connectivity index is 1.54. The molecule has 4 nitrogen and oxygen atoms in total. The largest absolute Gasteiger partial charge is 0.335 e. The molecule has 1 aliphatic rings. The molecule has 1 aliphatic carbocycles. The number of rotatable bonds is 5. The smallest absolute Gasteiger partial charge is 0.229 e. The van der Waals surface area contributed by atoms with Crippen LogP contribution in [-0.4, -0.2) is 27.0 Å². The summed E-state index contributed by atoms with van der Waals surface area (Å²) in [6, 6.07) is 16.4. The predicted molar refractivity (Wildman–Crippen MR) is 97.5 cm³/mol. The summed E-state index contributed by atoms with van der Waals surface area (Å²) in [6.07, 6.45) is 2.57. The molecule has 1 aromatic heterocycles. The first kappa shape index (κ1) is 15.4. The maximum Gasteiger partial charge on any atom is 0.229 e. The summed E-state index contributed by atoms with van der Waals surface area (Å²) in [4.78, 5) is 14.9. The second kappa shape index (κ2) is 6.40. The van der Waals surface area contributed by atoms with Crippen molar-refractivity contribution in [2.75, 3.05) is 0 Å². The fourth-order valence-corrected chi connectivity index (χ4v) is 3.49. The van der Waals surface area contributed by atoms with Crippen molar-refractivity contribution in [1.29, 1.82) is 0 Å². The van der Waals surface area contributed by atoms with Crippen LogP contribution in [0.15, 0.2) is 53.0 Å². The van der Waals surface area contributed by atoms with Gasteiger partial charge >= 0.3 is 0 Å². The van der Waals surface area contributed by atoms with Gasteiger partial charge in [-0.2, -0.15) is 5.10 Å². The molecule has 24 heavy (non-hydrogen) atoms.